The Labute approximate surface area is 204 Å². The van der Waals surface area contributed by atoms with Crippen LogP contribution in [0.2, 0.25) is 43.3 Å². The molecule has 0 bridgehead atoms. The minimum atomic E-state index is -1.56. The van der Waals surface area contributed by atoms with Gasteiger partial charge in [-0.2, -0.15) is 0 Å². The van der Waals surface area contributed by atoms with Crippen LogP contribution in [-0.4, -0.2) is 37.0 Å². The minimum Gasteiger partial charge on any atom is -0.0709 e. The molecule has 0 saturated carbocycles. The van der Waals surface area contributed by atoms with Crippen molar-refractivity contribution in [2.24, 2.45) is 0 Å². The van der Waals surface area contributed by atoms with Gasteiger partial charge in [0.2, 0.25) is 0 Å². The van der Waals surface area contributed by atoms with E-state index in [-0.39, 0.29) is 14.7 Å². The molecule has 0 spiro atoms. The summed E-state index contributed by atoms with van der Waals surface area (Å²) < 4.78 is 0. The summed E-state index contributed by atoms with van der Waals surface area (Å²) in [4.78, 5) is 0. The first-order valence-electron chi connectivity index (χ1n) is 12.8. The molecule has 0 atom stereocenters. The molecule has 0 unspecified atom stereocenters. The summed E-state index contributed by atoms with van der Waals surface area (Å²) in [6.07, 6.45) is 0. The van der Waals surface area contributed by atoms with Crippen LogP contribution in [0.1, 0.15) is 125 Å². The molecule has 1 saturated heterocycles. The van der Waals surface area contributed by atoms with Crippen LogP contribution in [0.15, 0.2) is 0 Å². The Balaban J connectivity index is 4.26. The third-order valence-corrected chi connectivity index (χ3v) is 112. The fourth-order valence-electron chi connectivity index (χ4n) is 7.91. The number of rotatable bonds is 2. The summed E-state index contributed by atoms with van der Waals surface area (Å²) in [6, 6.07) is 0. The van der Waals surface area contributed by atoms with E-state index in [0.717, 1.165) is 0 Å². The van der Waals surface area contributed by atoms with Gasteiger partial charge >= 0.3 is 0 Å². The maximum absolute atomic E-state index is 2.92. The van der Waals surface area contributed by atoms with Gasteiger partial charge in [0.05, 0.1) is 0 Å². The number of hydrogen-bond donors (Lipinski definition) is 0. The van der Waals surface area contributed by atoms with Gasteiger partial charge in [0, 0.05) is 37.0 Å². The highest BCUT2D eigenvalue weighted by molar-refractivity contribution is 8.24. The summed E-state index contributed by atoms with van der Waals surface area (Å²) in [5, 5.41) is 2.95. The summed E-state index contributed by atoms with van der Waals surface area (Å²) in [6.45, 7) is 53.8. The van der Waals surface area contributed by atoms with Gasteiger partial charge in [-0.15, -0.1) is 0 Å². The van der Waals surface area contributed by atoms with Crippen LogP contribution in [0, 0.1) is 0 Å². The van der Waals surface area contributed by atoms with E-state index in [0.29, 0.717) is 30.2 Å². The van der Waals surface area contributed by atoms with E-state index in [1.165, 1.54) is 0 Å². The molecule has 0 N–H and O–H groups in total. The zero-order chi connectivity index (χ0) is 25.7. The maximum atomic E-state index is 2.92. The van der Waals surface area contributed by atoms with Crippen molar-refractivity contribution in [3.05, 3.63) is 0 Å². The lowest BCUT2D eigenvalue weighted by molar-refractivity contribution is 0.634. The molecule has 184 valence electrons. The number of hydrogen-bond acceptors (Lipinski definition) is 0. The Hall–Kier alpha value is 1.08. The Kier molecular flexibility index (Phi) is 7.32. The minimum absolute atomic E-state index is 0.367. The highest BCUT2D eigenvalue weighted by Crippen LogP contribution is 2.73. The van der Waals surface area contributed by atoms with E-state index in [1.807, 2.05) is 0 Å². The standard InChI is InChI=1S/C26H60Si5/c1-21(2,3)29(19,22(4,5)6)27-28(30(20,23(7,8)9)24(10,11)12)31(27,25(13,14)15)26(16,17)18/h1-20H3. The van der Waals surface area contributed by atoms with Crippen molar-refractivity contribution in [2.45, 2.75) is 168 Å². The van der Waals surface area contributed by atoms with E-state index in [4.69, 9.17) is 0 Å². The second-order valence-corrected chi connectivity index (χ2v) is 63.8. The second kappa shape index (κ2) is 7.54. The van der Waals surface area contributed by atoms with Crippen LogP contribution < -0.4 is 0 Å². The predicted octanol–water partition coefficient (Wildman–Crippen LogP) is 9.79. The van der Waals surface area contributed by atoms with Crippen LogP contribution in [0.25, 0.3) is 0 Å². The first-order valence-corrected chi connectivity index (χ1v) is 27.8. The van der Waals surface area contributed by atoms with Gasteiger partial charge < -0.3 is 0 Å². The van der Waals surface area contributed by atoms with E-state index in [2.05, 4.69) is 138 Å². The first-order chi connectivity index (χ1) is 13.0. The Bertz CT molecular complexity index is 578. The van der Waals surface area contributed by atoms with Crippen molar-refractivity contribution >= 4 is 37.0 Å². The molecule has 1 rings (SSSR count). The molecule has 5 heteroatoms. The second-order valence-electron chi connectivity index (χ2n) is 17.2. The highest BCUT2D eigenvalue weighted by atomic mass is 30.4. The molecule has 0 aromatic carbocycles. The van der Waals surface area contributed by atoms with Crippen LogP contribution in [0.3, 0.4) is 0 Å². The molecule has 1 aliphatic rings. The van der Waals surface area contributed by atoms with Gasteiger partial charge in [0.25, 0.3) is 0 Å². The molecule has 1 aliphatic heterocycles. The summed E-state index contributed by atoms with van der Waals surface area (Å²) in [5.74, 6) is 0. The largest absolute Gasteiger partial charge is 0.0709 e. The molecular weight excluding hydrogens is 453 g/mol. The SMILES string of the molecule is CC(C)(C)[Si](C)([Si]1[Si]([Si](C)(C(C)(C)C)C(C)(C)C)[Si]1(C(C)(C)C)C(C)(C)C)C(C)(C)C. The van der Waals surface area contributed by atoms with Crippen molar-refractivity contribution in [1.29, 1.82) is 0 Å². The normalized spacial score (nSPS) is 20.9. The molecule has 31 heavy (non-hydrogen) atoms. The highest BCUT2D eigenvalue weighted by Gasteiger charge is 2.88. The zero-order valence-electron chi connectivity index (χ0n) is 25.5. The third kappa shape index (κ3) is 4.00. The van der Waals surface area contributed by atoms with Gasteiger partial charge in [-0.1, -0.05) is 138 Å². The van der Waals surface area contributed by atoms with Crippen molar-refractivity contribution in [1.82, 2.24) is 0 Å². The van der Waals surface area contributed by atoms with E-state index in [1.54, 1.807) is 0 Å². The fraction of sp³-hybridized carbons (Fsp3) is 1.00. The van der Waals surface area contributed by atoms with Crippen LogP contribution in [0.5, 0.6) is 0 Å². The van der Waals surface area contributed by atoms with E-state index in [9.17, 15) is 0 Å². The van der Waals surface area contributed by atoms with Gasteiger partial charge in [0.15, 0.2) is 0 Å². The van der Waals surface area contributed by atoms with Crippen LogP contribution >= 0.6 is 0 Å². The van der Waals surface area contributed by atoms with Crippen molar-refractivity contribution in [3.8, 4) is 0 Å². The van der Waals surface area contributed by atoms with Gasteiger partial charge in [-0.3, -0.25) is 0 Å². The van der Waals surface area contributed by atoms with Crippen molar-refractivity contribution in [2.75, 3.05) is 0 Å². The average Bonchev–Trinajstić information content (AvgIpc) is 3.11. The predicted molar refractivity (Wildman–Crippen MR) is 159 cm³/mol. The Morgan fingerprint density at radius 2 is 0.548 bits per heavy atom. The summed E-state index contributed by atoms with van der Waals surface area (Å²) >= 11 is 0. The first kappa shape index (κ1) is 30.1. The van der Waals surface area contributed by atoms with E-state index >= 15 is 0 Å². The maximum Gasteiger partial charge on any atom is 0.0462 e. The smallest absolute Gasteiger partial charge is 0.0462 e. The lowest BCUT2D eigenvalue weighted by Gasteiger charge is -2.54. The molecule has 2 radical (unpaired) electrons. The molecule has 0 aromatic heterocycles. The van der Waals surface area contributed by atoms with Gasteiger partial charge in [-0.25, -0.2) is 0 Å². The molecule has 0 amide bonds. The molecular formula is C26H60Si5. The monoisotopic (exact) mass is 512 g/mol. The average molecular weight is 513 g/mol. The lowest BCUT2D eigenvalue weighted by Crippen LogP contribution is -2.64. The van der Waals surface area contributed by atoms with E-state index < -0.39 is 22.3 Å². The molecule has 0 nitrogen and oxygen atoms in total. The molecule has 1 fully saturated rings. The topological polar surface area (TPSA) is 0 Å². The van der Waals surface area contributed by atoms with Gasteiger partial charge in [-0.05, 0) is 30.2 Å². The van der Waals surface area contributed by atoms with Crippen molar-refractivity contribution in [3.63, 3.8) is 0 Å². The third-order valence-electron chi connectivity index (χ3n) is 10.2. The fourth-order valence-corrected chi connectivity index (χ4v) is 203. The van der Waals surface area contributed by atoms with Crippen LogP contribution in [-0.2, 0) is 0 Å². The lowest BCUT2D eigenvalue weighted by atomic mass is 10.2. The quantitative estimate of drug-likeness (QED) is 0.323. The molecule has 0 aliphatic carbocycles. The Morgan fingerprint density at radius 1 is 0.387 bits per heavy atom. The zero-order valence-corrected chi connectivity index (χ0v) is 30.5. The van der Waals surface area contributed by atoms with Gasteiger partial charge in [0.1, 0.15) is 0 Å². The summed E-state index contributed by atoms with van der Waals surface area (Å²) in [7, 11) is -5.35. The van der Waals surface area contributed by atoms with Crippen molar-refractivity contribution < 1.29 is 0 Å². The van der Waals surface area contributed by atoms with Crippen LogP contribution in [0.4, 0.5) is 0 Å². The summed E-state index contributed by atoms with van der Waals surface area (Å²) in [5.41, 5.74) is 0. The molecule has 1 heterocycles. The molecule has 0 aromatic rings. The Morgan fingerprint density at radius 3 is 0.645 bits per heavy atom.